The highest BCUT2D eigenvalue weighted by Gasteiger charge is 2.36. The molecule has 8 amide bonds. The van der Waals surface area contributed by atoms with Gasteiger partial charge in [0.05, 0.1) is 12.1 Å². The summed E-state index contributed by atoms with van der Waals surface area (Å²) in [6.45, 7) is 5.28. The zero-order valence-corrected chi connectivity index (χ0v) is 42.5. The lowest BCUT2D eigenvalue weighted by atomic mass is 10.0. The molecular formula is C47H80N14O13. The van der Waals surface area contributed by atoms with E-state index in [1.165, 1.54) is 0 Å². The largest absolute Gasteiger partial charge is 0.481 e. The van der Waals surface area contributed by atoms with Gasteiger partial charge in [-0.2, -0.15) is 0 Å². The van der Waals surface area contributed by atoms with E-state index in [0.29, 0.717) is 37.8 Å². The molecule has 9 atom stereocenters. The molecule has 0 heterocycles. The van der Waals surface area contributed by atoms with Crippen LogP contribution in [0, 0.1) is 5.92 Å². The van der Waals surface area contributed by atoms with Crippen LogP contribution in [0.2, 0.25) is 0 Å². The molecule has 0 bridgehead atoms. The minimum atomic E-state index is -1.83. The molecule has 0 spiro atoms. The first kappa shape index (κ1) is 65.0. The van der Waals surface area contributed by atoms with Crippen LogP contribution in [-0.2, 0) is 54.4 Å². The first-order chi connectivity index (χ1) is 34.9. The smallest absolute Gasteiger partial charge is 0.326 e. The molecule has 0 aromatic heterocycles. The fraction of sp³-hybridized carbons (Fsp3) is 0.638. The van der Waals surface area contributed by atoms with Crippen LogP contribution in [0.25, 0.3) is 0 Å². The number of hydrogen-bond donors (Lipinski definition) is 16. The van der Waals surface area contributed by atoms with Crippen molar-refractivity contribution in [3.63, 3.8) is 0 Å². The highest BCUT2D eigenvalue weighted by Crippen LogP contribution is 2.12. The van der Waals surface area contributed by atoms with E-state index in [2.05, 4.69) is 42.2 Å². The third-order valence-corrected chi connectivity index (χ3v) is 11.4. The van der Waals surface area contributed by atoms with Crippen LogP contribution >= 0.6 is 0 Å². The Morgan fingerprint density at radius 3 is 1.51 bits per heavy atom. The van der Waals surface area contributed by atoms with Crippen molar-refractivity contribution < 1.29 is 63.3 Å². The van der Waals surface area contributed by atoms with Crippen molar-refractivity contribution in [2.75, 3.05) is 19.6 Å². The average Bonchev–Trinajstić information content (AvgIpc) is 3.32. The Hall–Kier alpha value is -6.97. The SMILES string of the molecule is CC(C)CC(NC(=O)C(NC(=O)C(CCC(=O)O)NC(=O)C(CCCCN)NC(=O)C(N)CCCCN)C(C)O)C(=O)NC(CCC(N)=O)C(=O)NC(Cc1ccccc1)C(=O)NC(CCCN=C(N)N)C(=O)O. The number of primary amides is 1. The summed E-state index contributed by atoms with van der Waals surface area (Å²) in [5.41, 5.74) is 33.9. The Kier molecular flexibility index (Phi) is 31.0. The number of unbranched alkanes of at least 4 members (excludes halogenated alkanes) is 2. The van der Waals surface area contributed by atoms with Gasteiger partial charge in [0.25, 0.3) is 0 Å². The number of carbonyl (C=O) groups excluding carboxylic acids is 8. The Morgan fingerprint density at radius 2 is 1.00 bits per heavy atom. The lowest BCUT2D eigenvalue weighted by molar-refractivity contribution is -0.142. The number of hydrogen-bond acceptors (Lipinski definition) is 15. The predicted molar refractivity (Wildman–Crippen MR) is 271 cm³/mol. The van der Waals surface area contributed by atoms with Crippen molar-refractivity contribution in [1.29, 1.82) is 0 Å². The second-order valence-corrected chi connectivity index (χ2v) is 18.3. The number of aliphatic carboxylic acids is 2. The number of aliphatic hydroxyl groups is 1. The Balaban J connectivity index is 3.47. The Morgan fingerprint density at radius 1 is 0.541 bits per heavy atom. The fourth-order valence-electron chi connectivity index (χ4n) is 7.30. The molecule has 0 aliphatic carbocycles. The van der Waals surface area contributed by atoms with Gasteiger partial charge in [0.1, 0.15) is 42.3 Å². The number of guanidine groups is 1. The zero-order chi connectivity index (χ0) is 55.9. The molecule has 0 radical (unpaired) electrons. The number of aliphatic hydroxyl groups excluding tert-OH is 1. The van der Waals surface area contributed by atoms with Crippen molar-refractivity contribution in [3.8, 4) is 0 Å². The van der Waals surface area contributed by atoms with Gasteiger partial charge in [-0.25, -0.2) is 4.79 Å². The molecule has 1 aromatic carbocycles. The first-order valence-electron chi connectivity index (χ1n) is 24.7. The second-order valence-electron chi connectivity index (χ2n) is 18.3. The van der Waals surface area contributed by atoms with Gasteiger partial charge in [-0.15, -0.1) is 0 Å². The van der Waals surface area contributed by atoms with Crippen LogP contribution in [-0.4, -0.2) is 155 Å². The average molecular weight is 1050 g/mol. The summed E-state index contributed by atoms with van der Waals surface area (Å²) in [5, 5.41) is 47.5. The van der Waals surface area contributed by atoms with Gasteiger partial charge in [0.15, 0.2) is 5.96 Å². The molecule has 416 valence electrons. The van der Waals surface area contributed by atoms with E-state index in [0.717, 1.165) is 6.92 Å². The maximum Gasteiger partial charge on any atom is 0.326 e. The molecule has 22 N–H and O–H groups in total. The number of nitrogens with two attached hydrogens (primary N) is 6. The third kappa shape index (κ3) is 26.6. The van der Waals surface area contributed by atoms with Crippen LogP contribution in [0.5, 0.6) is 0 Å². The summed E-state index contributed by atoms with van der Waals surface area (Å²) in [6, 6.07) is -3.21. The van der Waals surface area contributed by atoms with Gasteiger partial charge < -0.3 is 86.9 Å². The van der Waals surface area contributed by atoms with Gasteiger partial charge >= 0.3 is 11.9 Å². The molecule has 0 fully saturated rings. The number of benzene rings is 1. The van der Waals surface area contributed by atoms with Crippen molar-refractivity contribution in [3.05, 3.63) is 35.9 Å². The van der Waals surface area contributed by atoms with Gasteiger partial charge in [-0.05, 0) is 95.7 Å². The maximum absolute atomic E-state index is 14.1. The highest BCUT2D eigenvalue weighted by atomic mass is 16.4. The zero-order valence-electron chi connectivity index (χ0n) is 42.5. The van der Waals surface area contributed by atoms with Crippen LogP contribution in [0.3, 0.4) is 0 Å². The van der Waals surface area contributed by atoms with E-state index in [1.54, 1.807) is 44.2 Å². The molecule has 0 aliphatic heterocycles. The van der Waals surface area contributed by atoms with Gasteiger partial charge in [0.2, 0.25) is 47.3 Å². The molecule has 27 heteroatoms. The van der Waals surface area contributed by atoms with E-state index < -0.39 is 139 Å². The third-order valence-electron chi connectivity index (χ3n) is 11.4. The molecule has 9 unspecified atom stereocenters. The number of nitrogens with zero attached hydrogens (tertiary/aromatic N) is 1. The Bertz CT molecular complexity index is 2020. The predicted octanol–water partition coefficient (Wildman–Crippen LogP) is -4.10. The number of rotatable bonds is 38. The topological polar surface area (TPSA) is 484 Å². The lowest BCUT2D eigenvalue weighted by Gasteiger charge is -2.29. The normalized spacial score (nSPS) is 14.7. The standard InChI is InChI=1S/C47H80N14O13/c1-26(2)24-34(43(70)57-31(17-19-36(51)63)41(68)59-35(25-28-12-5-4-6-13-28)44(71)58-33(46(73)74)16-11-23-54-47(52)53)60-45(72)38(27(3)62)61-42(69)32(18-20-37(64)65)56-40(67)30(15-8-10-22-49)55-39(66)29(50)14-7-9-21-48/h4-6,12-13,26-27,29-35,38,62H,7-11,14-25,48-50H2,1-3H3,(H2,51,63)(H,55,66)(H,56,67)(H,57,70)(H,58,71)(H,59,68)(H,60,72)(H,61,69)(H,64,65)(H,73,74)(H4,52,53,54). The molecule has 1 aromatic rings. The molecule has 0 saturated carbocycles. The van der Waals surface area contributed by atoms with Crippen molar-refractivity contribution >= 4 is 65.2 Å². The van der Waals surface area contributed by atoms with E-state index in [1.807, 2.05) is 0 Å². The van der Waals surface area contributed by atoms with Gasteiger partial charge in [-0.3, -0.25) is 48.1 Å². The van der Waals surface area contributed by atoms with Crippen LogP contribution in [0.15, 0.2) is 35.3 Å². The van der Waals surface area contributed by atoms with E-state index in [-0.39, 0.29) is 63.5 Å². The molecule has 27 nitrogen and oxygen atoms in total. The van der Waals surface area contributed by atoms with E-state index in [4.69, 9.17) is 34.4 Å². The lowest BCUT2D eigenvalue weighted by Crippen LogP contribution is -2.62. The number of aliphatic imine (C=N–C) groups is 1. The summed E-state index contributed by atoms with van der Waals surface area (Å²) in [6.07, 6.45) is -1.43. The van der Waals surface area contributed by atoms with Gasteiger partial charge in [-0.1, -0.05) is 50.6 Å². The summed E-state index contributed by atoms with van der Waals surface area (Å²) in [4.78, 5) is 136. The van der Waals surface area contributed by atoms with Crippen LogP contribution in [0.4, 0.5) is 0 Å². The first-order valence-corrected chi connectivity index (χ1v) is 24.7. The minimum absolute atomic E-state index is 0.0705. The van der Waals surface area contributed by atoms with E-state index >= 15 is 0 Å². The molecule has 0 saturated heterocycles. The molecule has 1 rings (SSSR count). The number of carbonyl (C=O) groups is 10. The molecule has 0 aliphatic rings. The summed E-state index contributed by atoms with van der Waals surface area (Å²) >= 11 is 0. The summed E-state index contributed by atoms with van der Waals surface area (Å²) in [5.74, 6) is -10.7. The quantitative estimate of drug-likeness (QED) is 0.0170. The van der Waals surface area contributed by atoms with Crippen molar-refractivity contribution in [2.45, 2.75) is 165 Å². The number of carboxylic acids is 2. The monoisotopic (exact) mass is 1050 g/mol. The molecule has 74 heavy (non-hydrogen) atoms. The van der Waals surface area contributed by atoms with Crippen molar-refractivity contribution in [1.82, 2.24) is 37.2 Å². The summed E-state index contributed by atoms with van der Waals surface area (Å²) in [7, 11) is 0. The van der Waals surface area contributed by atoms with Crippen LogP contribution in [0.1, 0.15) is 110 Å². The number of carboxylic acid groups (broad SMARTS) is 2. The van der Waals surface area contributed by atoms with Crippen LogP contribution < -0.4 is 71.6 Å². The minimum Gasteiger partial charge on any atom is -0.481 e. The molecular weight excluding hydrogens is 969 g/mol. The summed E-state index contributed by atoms with van der Waals surface area (Å²) < 4.78 is 0. The second kappa shape index (κ2) is 35.2. The number of nitrogens with one attached hydrogen (secondary N) is 7. The van der Waals surface area contributed by atoms with Gasteiger partial charge in [0, 0.05) is 25.8 Å². The van der Waals surface area contributed by atoms with Crippen molar-refractivity contribution in [2.24, 2.45) is 45.3 Å². The Labute approximate surface area is 430 Å². The maximum atomic E-state index is 14.1. The number of amides is 8. The van der Waals surface area contributed by atoms with E-state index in [9.17, 15) is 63.3 Å². The highest BCUT2D eigenvalue weighted by molar-refractivity contribution is 5.98. The fourth-order valence-corrected chi connectivity index (χ4v) is 7.30.